The Hall–Kier alpha value is -4.72. The molecule has 0 aromatic carbocycles. The van der Waals surface area contributed by atoms with Gasteiger partial charge in [-0.2, -0.15) is 0 Å². The summed E-state index contributed by atoms with van der Waals surface area (Å²) in [6.07, 6.45) is -9.30. The Balaban J connectivity index is 1.20. The second kappa shape index (κ2) is 56.1. The van der Waals surface area contributed by atoms with Crippen LogP contribution in [0.3, 0.4) is 0 Å². The first-order valence-electron chi connectivity index (χ1n) is 42.4. The Morgan fingerprint density at radius 1 is 0.397 bits per heavy atom. The molecule has 0 spiro atoms. The van der Waals surface area contributed by atoms with Crippen molar-refractivity contribution in [2.45, 2.75) is 324 Å². The van der Waals surface area contributed by atoms with E-state index in [0.717, 1.165) is 0 Å². The van der Waals surface area contributed by atoms with E-state index >= 15 is 0 Å². The van der Waals surface area contributed by atoms with Crippen LogP contribution in [0.1, 0.15) is 207 Å². The second-order valence-corrected chi connectivity index (χ2v) is 32.1. The number of ether oxygens (including phenoxy) is 9. The largest absolute Gasteiger partial charge is 0.394 e. The summed E-state index contributed by atoms with van der Waals surface area (Å²) in [6.45, 7) is 6.61. The fourth-order valence-electron chi connectivity index (χ4n) is 15.1. The van der Waals surface area contributed by atoms with Crippen molar-refractivity contribution in [1.29, 1.82) is 0 Å². The molecule has 5 rings (SSSR count). The Labute approximate surface area is 682 Å². The number of hydrogen-bond acceptors (Lipinski definition) is 30. The molecule has 0 saturated carbocycles. The number of amides is 6. The van der Waals surface area contributed by atoms with E-state index in [1.807, 2.05) is 0 Å². The van der Waals surface area contributed by atoms with Crippen LogP contribution in [0.15, 0.2) is 0 Å². The SMILES string of the molecule is COC[C@@H]1C[C@@H](O)CN1C(=O)CCCCCNC(=O)C(CCCCNC(=O)C(CCCCNC(=O)CCCCO[C@@H]1OC(CO)[C@H](O)[C@H](O)C1C)CC(=O)CCCCO[C@@H]1OC(CO)[C@H](O)[C@H](O)C1C)CC(=O)C(CCCCNC(=O)CCCCO[C@@H]1OC(CO)[C@H](O)[C@H](O)C1C)NC(=O)CCCCO[C@@H]1OC(CO)[C@H](O)[C@H](O)C1C. The van der Waals surface area contributed by atoms with Crippen LogP contribution >= 0.6 is 0 Å². The topological polar surface area (TPSA) is 546 Å². The van der Waals surface area contributed by atoms with E-state index in [0.29, 0.717) is 135 Å². The molecule has 18 N–H and O–H groups in total. The molecular formula is C80H142N6O30. The van der Waals surface area contributed by atoms with Crippen LogP contribution in [0.5, 0.6) is 0 Å². The number of likely N-dealkylation sites (tertiary alicyclic amines) is 1. The Morgan fingerprint density at radius 2 is 0.741 bits per heavy atom. The van der Waals surface area contributed by atoms with Gasteiger partial charge in [0.15, 0.2) is 30.9 Å². The van der Waals surface area contributed by atoms with Gasteiger partial charge in [-0.15, -0.1) is 0 Å². The summed E-state index contributed by atoms with van der Waals surface area (Å²) < 4.78 is 51.1. The molecule has 0 radical (unpaired) electrons. The van der Waals surface area contributed by atoms with Crippen molar-refractivity contribution in [2.24, 2.45) is 35.5 Å². The molecule has 36 nitrogen and oxygen atoms in total. The molecule has 5 fully saturated rings. The number of nitrogens with one attached hydrogen (secondary N) is 5. The number of β-amino-alcohol motifs (C(OH)–C–C–N with tert-alkyl or cyclic N) is 1. The van der Waals surface area contributed by atoms with Gasteiger partial charge >= 0.3 is 0 Å². The Bertz CT molecular complexity index is 2820. The number of ketones is 2. The molecule has 0 aromatic rings. The molecule has 0 aliphatic carbocycles. The van der Waals surface area contributed by atoms with Crippen molar-refractivity contribution in [1.82, 2.24) is 31.5 Å². The summed E-state index contributed by atoms with van der Waals surface area (Å²) in [7, 11) is 1.54. The minimum atomic E-state index is -1.31. The van der Waals surface area contributed by atoms with Crippen molar-refractivity contribution >= 4 is 47.0 Å². The molecule has 6 amide bonds. The van der Waals surface area contributed by atoms with Crippen LogP contribution in [0.2, 0.25) is 0 Å². The van der Waals surface area contributed by atoms with Crippen LogP contribution in [-0.4, -0.2) is 334 Å². The van der Waals surface area contributed by atoms with Gasteiger partial charge in [0.25, 0.3) is 0 Å². The highest BCUT2D eigenvalue weighted by atomic mass is 16.7. The van der Waals surface area contributed by atoms with Crippen molar-refractivity contribution in [3.8, 4) is 0 Å². The highest BCUT2D eigenvalue weighted by molar-refractivity contribution is 5.92. The molecule has 36 heteroatoms. The number of methoxy groups -OCH3 is 1. The summed E-state index contributed by atoms with van der Waals surface area (Å²) >= 11 is 0. The molecule has 5 aliphatic rings. The van der Waals surface area contributed by atoms with Crippen LogP contribution < -0.4 is 26.6 Å². The van der Waals surface area contributed by atoms with E-state index in [1.54, 1.807) is 32.6 Å². The maximum Gasteiger partial charge on any atom is 0.223 e. The average molecular weight is 1670 g/mol. The minimum Gasteiger partial charge on any atom is -0.394 e. The van der Waals surface area contributed by atoms with Gasteiger partial charge in [0, 0.05) is 147 Å². The van der Waals surface area contributed by atoms with E-state index in [4.69, 9.17) is 42.6 Å². The lowest BCUT2D eigenvalue weighted by Crippen LogP contribution is -2.55. The van der Waals surface area contributed by atoms with Crippen molar-refractivity contribution in [2.75, 3.05) is 99.3 Å². The zero-order chi connectivity index (χ0) is 85.2. The summed E-state index contributed by atoms with van der Waals surface area (Å²) in [5, 5.41) is 146. The first kappa shape index (κ1) is 102. The molecule has 25 atom stereocenters. The van der Waals surface area contributed by atoms with Crippen molar-refractivity contribution < 1.29 is 147 Å². The Morgan fingerprint density at radius 3 is 1.13 bits per heavy atom. The Kier molecular flexibility index (Phi) is 49.2. The summed E-state index contributed by atoms with van der Waals surface area (Å²) in [5.41, 5.74) is 0. The molecule has 5 saturated heterocycles. The van der Waals surface area contributed by atoms with Crippen LogP contribution in [0.4, 0.5) is 0 Å². The fourth-order valence-corrected chi connectivity index (χ4v) is 15.1. The van der Waals surface area contributed by atoms with E-state index in [-0.39, 0.29) is 146 Å². The molecule has 5 aliphatic heterocycles. The van der Waals surface area contributed by atoms with E-state index in [9.17, 15) is 105 Å². The number of rotatable bonds is 59. The van der Waals surface area contributed by atoms with E-state index < -0.39 is 190 Å². The molecule has 11 unspecified atom stereocenters. The number of Topliss-reactive ketones (excluding diaryl/α,β-unsaturated/α-hetero) is 2. The number of hydrogen-bond donors (Lipinski definition) is 18. The third-order valence-electron chi connectivity index (χ3n) is 22.8. The monoisotopic (exact) mass is 1670 g/mol. The minimum absolute atomic E-state index is 0.0222. The van der Waals surface area contributed by atoms with E-state index in [1.165, 1.54) is 7.11 Å². The smallest absolute Gasteiger partial charge is 0.223 e. The molecule has 0 aromatic heterocycles. The maximum absolute atomic E-state index is 14.7. The quantitative estimate of drug-likeness (QED) is 0.0319. The van der Waals surface area contributed by atoms with Gasteiger partial charge in [-0.1, -0.05) is 47.0 Å². The van der Waals surface area contributed by atoms with Crippen molar-refractivity contribution in [3.05, 3.63) is 0 Å². The number of nitrogens with zero attached hydrogens (tertiary/aromatic N) is 1. The first-order chi connectivity index (χ1) is 55.6. The molecule has 116 heavy (non-hydrogen) atoms. The normalized spacial score (nSPS) is 30.3. The lowest BCUT2D eigenvalue weighted by Gasteiger charge is -2.40. The first-order valence-corrected chi connectivity index (χ1v) is 42.4. The highest BCUT2D eigenvalue weighted by Crippen LogP contribution is 2.32. The van der Waals surface area contributed by atoms with Gasteiger partial charge in [-0.05, 0) is 116 Å². The average Bonchev–Trinajstić information content (AvgIpc) is 1.21. The number of carbonyl (C=O) groups is 8. The number of aliphatic hydroxyl groups is 13. The lowest BCUT2D eigenvalue weighted by molar-refractivity contribution is -0.282. The standard InChI is InChI=1S/C80H142N6O30/c1-48-67(98)71(102)59(43-87)113-77(48)109-35-19-11-25-55(91)39-52(23-8-16-31-81-63(94)27-12-20-36-110-78-49(2)68(99)72(103)60(44-88)114-78)75(106)84-34-17-9-24-53(76(107)83-33-15-6-7-30-66(97)86-42-56(92)41-54(86)47-108-5)40-58(93)57(85-65(96)29-14-22-38-112-80-51(4)70(101)74(105)62(46-90)116-80)26-10-18-32-82-64(95)28-13-21-37-111-79-50(3)69(100)73(104)61(45-89)115-79/h48-54,56-57,59-62,67-74,77-80,87-90,92,98-105H,6-47H2,1-5H3,(H,81,94)(H,82,95)(H,83,107)(H,84,106)(H,85,96)/t48?,49?,50?,51?,52?,53?,54-,56+,57?,59?,60?,61?,62?,67+,68+,69+,70+,71-,72-,73-,74-,77+,78+,79+,80+/m0/s1. The predicted molar refractivity (Wildman–Crippen MR) is 415 cm³/mol. The van der Waals surface area contributed by atoms with Crippen LogP contribution in [-0.2, 0) is 81.0 Å². The lowest BCUT2D eigenvalue weighted by atomic mass is 9.90. The van der Waals surface area contributed by atoms with E-state index in [2.05, 4.69) is 26.6 Å². The molecule has 672 valence electrons. The molecule has 0 bridgehead atoms. The summed E-state index contributed by atoms with van der Waals surface area (Å²) in [4.78, 5) is 111. The third-order valence-corrected chi connectivity index (χ3v) is 22.8. The van der Waals surface area contributed by atoms with Gasteiger partial charge in [-0.3, -0.25) is 38.4 Å². The van der Waals surface area contributed by atoms with Crippen molar-refractivity contribution in [3.63, 3.8) is 0 Å². The number of aliphatic hydroxyl groups excluding tert-OH is 13. The van der Waals surface area contributed by atoms with Gasteiger partial charge < -0.3 is 141 Å². The van der Waals surface area contributed by atoms with Crippen LogP contribution in [0.25, 0.3) is 0 Å². The maximum atomic E-state index is 14.7. The van der Waals surface area contributed by atoms with Gasteiger partial charge in [-0.25, -0.2) is 0 Å². The fraction of sp³-hybridized carbons (Fsp3) is 0.900. The van der Waals surface area contributed by atoms with Gasteiger partial charge in [0.1, 0.15) is 54.6 Å². The predicted octanol–water partition coefficient (Wildman–Crippen LogP) is -1.19. The summed E-state index contributed by atoms with van der Waals surface area (Å²) in [6, 6.07) is -1.28. The molecule has 5 heterocycles. The van der Waals surface area contributed by atoms with Gasteiger partial charge in [0.05, 0.1) is 75.6 Å². The number of unbranched alkanes of at least 4 members (excludes halogenated alkanes) is 9. The molecular weight excluding hydrogens is 1520 g/mol. The van der Waals surface area contributed by atoms with Gasteiger partial charge in [0.2, 0.25) is 35.4 Å². The zero-order valence-electron chi connectivity index (χ0n) is 68.8. The zero-order valence-corrected chi connectivity index (χ0v) is 68.8. The van der Waals surface area contributed by atoms with Crippen LogP contribution in [0, 0.1) is 35.5 Å². The second-order valence-electron chi connectivity index (χ2n) is 32.1. The highest BCUT2D eigenvalue weighted by Gasteiger charge is 2.46. The summed E-state index contributed by atoms with van der Waals surface area (Å²) in [5.74, 6) is -6.36. The third kappa shape index (κ3) is 35.0. The number of carbonyl (C=O) groups excluding carboxylic acids is 8.